The maximum Gasteiger partial charge on any atom is 0.315 e. The number of anilines is 1. The number of likely N-dealkylation sites (tertiary alicyclic amines) is 1. The van der Waals surface area contributed by atoms with Gasteiger partial charge in [-0.15, -0.1) is 12.4 Å². The summed E-state index contributed by atoms with van der Waals surface area (Å²) in [7, 11) is -3.31. The molecule has 0 unspecified atom stereocenters. The van der Waals surface area contributed by atoms with E-state index in [9.17, 15) is 18.3 Å². The third-order valence-corrected chi connectivity index (χ3v) is 7.30. The number of hydrogen-bond donors (Lipinski definition) is 4. The first kappa shape index (κ1) is 29.0. The minimum absolute atomic E-state index is 0. The third-order valence-electron chi connectivity index (χ3n) is 6.69. The first-order chi connectivity index (χ1) is 17.2. The van der Waals surface area contributed by atoms with Gasteiger partial charge in [-0.05, 0) is 67.6 Å². The van der Waals surface area contributed by atoms with Gasteiger partial charge in [-0.2, -0.15) is 0 Å². The van der Waals surface area contributed by atoms with E-state index < -0.39 is 16.1 Å². The number of sulfonamides is 1. The van der Waals surface area contributed by atoms with Gasteiger partial charge in [-0.25, -0.2) is 13.2 Å². The van der Waals surface area contributed by atoms with Crippen molar-refractivity contribution in [2.24, 2.45) is 0 Å². The van der Waals surface area contributed by atoms with Crippen molar-refractivity contribution in [3.63, 3.8) is 0 Å². The number of benzene rings is 2. The van der Waals surface area contributed by atoms with Crippen LogP contribution in [0.1, 0.15) is 44.1 Å². The fourth-order valence-corrected chi connectivity index (χ4v) is 5.34. The molecule has 0 aromatic heterocycles. The minimum atomic E-state index is -3.31. The molecule has 0 bridgehead atoms. The Morgan fingerprint density at radius 3 is 2.14 bits per heavy atom. The molecule has 2 aromatic rings. The normalized spacial score (nSPS) is 20.9. The van der Waals surface area contributed by atoms with E-state index in [1.54, 1.807) is 24.3 Å². The van der Waals surface area contributed by atoms with Crippen LogP contribution >= 0.6 is 12.4 Å². The molecule has 1 aliphatic heterocycles. The summed E-state index contributed by atoms with van der Waals surface area (Å²) in [5.41, 5.74) is 1.67. The van der Waals surface area contributed by atoms with Gasteiger partial charge in [0, 0.05) is 31.4 Å². The van der Waals surface area contributed by atoms with E-state index in [0.717, 1.165) is 64.4 Å². The fourth-order valence-electron chi connectivity index (χ4n) is 4.77. The molecule has 204 valence electrons. The van der Waals surface area contributed by atoms with Crippen LogP contribution < -0.4 is 20.1 Å². The molecule has 0 radical (unpaired) electrons. The highest BCUT2D eigenvalue weighted by Crippen LogP contribution is 2.24. The Balaban J connectivity index is 0.00000380. The van der Waals surface area contributed by atoms with Crippen molar-refractivity contribution in [2.75, 3.05) is 24.1 Å². The number of halogens is 1. The molecule has 4 N–H and O–H groups in total. The zero-order chi connectivity index (χ0) is 25.5. The number of nitrogens with one attached hydrogen (secondary N) is 3. The molecule has 2 fully saturated rings. The molecular formula is C26H37ClN4O5S. The average molecular weight is 553 g/mol. The first-order valence-electron chi connectivity index (χ1n) is 12.6. The summed E-state index contributed by atoms with van der Waals surface area (Å²) < 4.78 is 30.9. The molecule has 0 spiro atoms. The number of hydrogen-bond acceptors (Lipinski definition) is 6. The molecule has 9 nitrogen and oxygen atoms in total. The molecule has 37 heavy (non-hydrogen) atoms. The van der Waals surface area contributed by atoms with Crippen molar-refractivity contribution >= 4 is 34.1 Å². The minimum Gasteiger partial charge on any atom is -0.457 e. The van der Waals surface area contributed by atoms with Crippen molar-refractivity contribution in [2.45, 2.75) is 63.3 Å². The Hall–Kier alpha value is -2.53. The number of carbonyl (C=O) groups is 1. The number of nitrogens with zero attached hydrogens (tertiary/aromatic N) is 1. The predicted octanol–water partition coefficient (Wildman–Crippen LogP) is 3.84. The van der Waals surface area contributed by atoms with Crippen LogP contribution in [0.2, 0.25) is 0 Å². The van der Waals surface area contributed by atoms with Gasteiger partial charge in [-0.3, -0.25) is 9.62 Å². The van der Waals surface area contributed by atoms with Crippen LogP contribution in [0.3, 0.4) is 0 Å². The second-order valence-electron chi connectivity index (χ2n) is 9.77. The largest absolute Gasteiger partial charge is 0.457 e. The number of amides is 2. The molecule has 2 aromatic carbocycles. The van der Waals surface area contributed by atoms with Crippen LogP contribution in [0.5, 0.6) is 11.5 Å². The van der Waals surface area contributed by atoms with Crippen molar-refractivity contribution in [3.8, 4) is 11.5 Å². The maximum atomic E-state index is 12.3. The van der Waals surface area contributed by atoms with E-state index in [1.165, 1.54) is 5.56 Å². The van der Waals surface area contributed by atoms with E-state index in [4.69, 9.17) is 4.74 Å². The van der Waals surface area contributed by atoms with Crippen molar-refractivity contribution < 1.29 is 23.1 Å². The van der Waals surface area contributed by atoms with Gasteiger partial charge >= 0.3 is 6.03 Å². The van der Waals surface area contributed by atoms with E-state index in [2.05, 4.69) is 20.3 Å². The topological polar surface area (TPSA) is 120 Å². The Labute approximate surface area is 225 Å². The Morgan fingerprint density at radius 1 is 0.946 bits per heavy atom. The molecule has 1 aliphatic carbocycles. The lowest BCUT2D eigenvalue weighted by Gasteiger charge is -2.33. The molecule has 2 amide bonds. The summed E-state index contributed by atoms with van der Waals surface area (Å²) in [6, 6.07) is 14.5. The molecule has 11 heteroatoms. The summed E-state index contributed by atoms with van der Waals surface area (Å²) in [5, 5.41) is 16.1. The van der Waals surface area contributed by atoms with Gasteiger partial charge in [0.1, 0.15) is 11.5 Å². The van der Waals surface area contributed by atoms with Gasteiger partial charge in [0.15, 0.2) is 0 Å². The molecule has 1 heterocycles. The van der Waals surface area contributed by atoms with E-state index in [0.29, 0.717) is 17.2 Å². The standard InChI is InChI=1S/C26H36N4O5S.ClH/c1-36(33,34)29-21-8-12-23(13-9-21)35-22-10-6-19(7-11-22)18-30-16-14-20(15-17-30)27-26(32)28-24-4-2-3-5-25(24)31;/h6-13,20,24-25,29,31H,2-5,14-18H2,1H3,(H2,27,28,32);1H/t24-,25-;/m1./s1. The lowest BCUT2D eigenvalue weighted by molar-refractivity contribution is 0.0934. The number of ether oxygens (including phenoxy) is 1. The predicted molar refractivity (Wildman–Crippen MR) is 147 cm³/mol. The van der Waals surface area contributed by atoms with E-state index in [-0.39, 0.29) is 30.5 Å². The van der Waals surface area contributed by atoms with Crippen LogP contribution in [0.4, 0.5) is 10.5 Å². The Bertz CT molecular complexity index is 1110. The Morgan fingerprint density at radius 2 is 1.54 bits per heavy atom. The summed E-state index contributed by atoms with van der Waals surface area (Å²) in [6.07, 6.45) is 6.13. The van der Waals surface area contributed by atoms with Gasteiger partial charge in [-0.1, -0.05) is 25.0 Å². The molecule has 1 saturated carbocycles. The highest BCUT2D eigenvalue weighted by molar-refractivity contribution is 7.92. The quantitative estimate of drug-likeness (QED) is 0.395. The maximum absolute atomic E-state index is 12.3. The molecule has 1 saturated heterocycles. The third kappa shape index (κ3) is 9.37. The van der Waals surface area contributed by atoms with Crippen LogP contribution in [0.15, 0.2) is 48.5 Å². The zero-order valence-corrected chi connectivity index (χ0v) is 22.7. The van der Waals surface area contributed by atoms with Crippen LogP contribution in [0.25, 0.3) is 0 Å². The van der Waals surface area contributed by atoms with Crippen molar-refractivity contribution in [3.05, 3.63) is 54.1 Å². The SMILES string of the molecule is CS(=O)(=O)Nc1ccc(Oc2ccc(CN3CCC(NC(=O)N[C@@H]4CCCC[C@H]4O)CC3)cc2)cc1.Cl. The summed E-state index contributed by atoms with van der Waals surface area (Å²) in [5.74, 6) is 1.33. The van der Waals surface area contributed by atoms with E-state index >= 15 is 0 Å². The number of rotatable bonds is 8. The molecular weight excluding hydrogens is 516 g/mol. The highest BCUT2D eigenvalue weighted by atomic mass is 35.5. The second kappa shape index (κ2) is 13.3. The number of urea groups is 1. The van der Waals surface area contributed by atoms with Gasteiger partial charge < -0.3 is 20.5 Å². The number of aliphatic hydroxyl groups excluding tert-OH is 1. The van der Waals surface area contributed by atoms with Gasteiger partial charge in [0.2, 0.25) is 10.0 Å². The summed E-state index contributed by atoms with van der Waals surface area (Å²) in [6.45, 7) is 2.64. The number of aliphatic hydroxyl groups is 1. The lowest BCUT2D eigenvalue weighted by atomic mass is 9.93. The zero-order valence-electron chi connectivity index (χ0n) is 21.1. The van der Waals surface area contributed by atoms with Crippen molar-refractivity contribution in [1.29, 1.82) is 0 Å². The monoisotopic (exact) mass is 552 g/mol. The van der Waals surface area contributed by atoms with Gasteiger partial charge in [0.05, 0.1) is 18.4 Å². The van der Waals surface area contributed by atoms with Crippen molar-refractivity contribution in [1.82, 2.24) is 15.5 Å². The first-order valence-corrected chi connectivity index (χ1v) is 14.4. The van der Waals surface area contributed by atoms with Crippen LogP contribution in [0, 0.1) is 0 Å². The Kier molecular flexibility index (Phi) is 10.5. The summed E-state index contributed by atoms with van der Waals surface area (Å²) in [4.78, 5) is 14.7. The molecule has 4 rings (SSSR count). The number of carbonyl (C=O) groups excluding carboxylic acids is 1. The second-order valence-corrected chi connectivity index (χ2v) is 11.5. The molecule has 2 atom stereocenters. The smallest absolute Gasteiger partial charge is 0.315 e. The number of piperidine rings is 1. The molecule has 2 aliphatic rings. The van der Waals surface area contributed by atoms with Crippen LogP contribution in [-0.4, -0.2) is 62.0 Å². The highest BCUT2D eigenvalue weighted by Gasteiger charge is 2.26. The van der Waals surface area contributed by atoms with Crippen LogP contribution in [-0.2, 0) is 16.6 Å². The lowest BCUT2D eigenvalue weighted by Crippen LogP contribution is -2.53. The fraction of sp³-hybridized carbons (Fsp3) is 0.500. The average Bonchev–Trinajstić information content (AvgIpc) is 2.83. The van der Waals surface area contributed by atoms with Gasteiger partial charge in [0.25, 0.3) is 0 Å². The van der Waals surface area contributed by atoms with E-state index in [1.807, 2.05) is 24.3 Å². The summed E-state index contributed by atoms with van der Waals surface area (Å²) >= 11 is 0.